The minimum atomic E-state index is 0.135. The predicted octanol–water partition coefficient (Wildman–Crippen LogP) is 1.00. The van der Waals surface area contributed by atoms with Gasteiger partial charge in [-0.05, 0) is 26.2 Å². The number of nitrogens with one attached hydrogen (secondary N) is 1. The number of nitrogens with zero attached hydrogens (tertiary/aromatic N) is 1. The Morgan fingerprint density at radius 1 is 1.33 bits per heavy atom. The Balaban J connectivity index is 3.29. The molecule has 0 amide bonds. The van der Waals surface area contributed by atoms with Crippen molar-refractivity contribution in [3.63, 3.8) is 0 Å². The van der Waals surface area contributed by atoms with Crippen molar-refractivity contribution in [3.8, 4) is 0 Å². The highest BCUT2D eigenvalue weighted by Gasteiger charge is 1.97. The first-order valence-corrected chi connectivity index (χ1v) is 4.96. The third-order valence-corrected chi connectivity index (χ3v) is 1.73. The van der Waals surface area contributed by atoms with Gasteiger partial charge < -0.3 is 16.2 Å². The zero-order valence-electron chi connectivity index (χ0n) is 9.25. The van der Waals surface area contributed by atoms with Crippen molar-refractivity contribution in [2.75, 3.05) is 13.2 Å². The van der Waals surface area contributed by atoms with Crippen LogP contribution in [0, 0.1) is 5.41 Å². The molecule has 0 rings (SSSR count). The van der Waals surface area contributed by atoms with Crippen molar-refractivity contribution < 1.29 is 4.74 Å². The van der Waals surface area contributed by atoms with E-state index in [1.165, 1.54) is 0 Å². The number of hydrogen-bond donors (Lipinski definition) is 3. The second-order valence-electron chi connectivity index (χ2n) is 3.33. The van der Waals surface area contributed by atoms with Crippen molar-refractivity contribution in [2.45, 2.75) is 26.2 Å². The second-order valence-corrected chi connectivity index (χ2v) is 3.33. The molecular formula is C10H20N4O. The Morgan fingerprint density at radius 3 is 2.53 bits per heavy atom. The molecule has 0 spiro atoms. The van der Waals surface area contributed by atoms with E-state index in [0.717, 1.165) is 19.3 Å². The fraction of sp³-hybridized carbons (Fsp3) is 0.600. The van der Waals surface area contributed by atoms with Crippen LogP contribution in [0.3, 0.4) is 0 Å². The fourth-order valence-electron chi connectivity index (χ4n) is 0.896. The lowest BCUT2D eigenvalue weighted by atomic mass is 10.2. The number of aliphatic imine (C=N–C) groups is 1. The van der Waals surface area contributed by atoms with E-state index in [1.807, 2.05) is 0 Å². The van der Waals surface area contributed by atoms with Gasteiger partial charge in [0.2, 0.25) is 5.90 Å². The smallest absolute Gasteiger partial charge is 0.208 e. The van der Waals surface area contributed by atoms with E-state index in [-0.39, 0.29) is 11.9 Å². The van der Waals surface area contributed by atoms with E-state index in [4.69, 9.17) is 21.6 Å². The van der Waals surface area contributed by atoms with Crippen molar-refractivity contribution in [2.24, 2.45) is 16.5 Å². The van der Waals surface area contributed by atoms with Crippen molar-refractivity contribution in [1.29, 1.82) is 5.41 Å². The van der Waals surface area contributed by atoms with Gasteiger partial charge in [-0.15, -0.1) is 0 Å². The third kappa shape index (κ3) is 8.80. The molecule has 0 aliphatic rings. The molecule has 0 aromatic rings. The summed E-state index contributed by atoms with van der Waals surface area (Å²) < 4.78 is 5.13. The van der Waals surface area contributed by atoms with Gasteiger partial charge in [-0.2, -0.15) is 0 Å². The lowest BCUT2D eigenvalue weighted by Crippen LogP contribution is -2.22. The topological polar surface area (TPSA) is 97.5 Å². The molecule has 5 N–H and O–H groups in total. The van der Waals surface area contributed by atoms with Crippen LogP contribution in [0.4, 0.5) is 0 Å². The average Bonchev–Trinajstić information content (AvgIpc) is 2.15. The van der Waals surface area contributed by atoms with E-state index in [1.54, 1.807) is 6.92 Å². The Morgan fingerprint density at radius 2 is 2.00 bits per heavy atom. The molecule has 0 atom stereocenters. The van der Waals surface area contributed by atoms with Crippen LogP contribution in [0.25, 0.3) is 0 Å². The molecule has 15 heavy (non-hydrogen) atoms. The molecular weight excluding hydrogens is 192 g/mol. The lowest BCUT2D eigenvalue weighted by molar-refractivity contribution is 0.291. The average molecular weight is 212 g/mol. The Kier molecular flexibility index (Phi) is 7.05. The molecule has 5 nitrogen and oxygen atoms in total. The summed E-state index contributed by atoms with van der Waals surface area (Å²) in [6.07, 6.45) is 2.82. The van der Waals surface area contributed by atoms with Crippen LogP contribution in [0.2, 0.25) is 0 Å². The Hall–Kier alpha value is -1.52. The molecule has 0 aliphatic carbocycles. The van der Waals surface area contributed by atoms with Crippen LogP contribution in [0.15, 0.2) is 17.1 Å². The third-order valence-electron chi connectivity index (χ3n) is 1.73. The Labute approximate surface area is 90.7 Å². The van der Waals surface area contributed by atoms with Gasteiger partial charge >= 0.3 is 0 Å². The van der Waals surface area contributed by atoms with Crippen LogP contribution in [0.5, 0.6) is 0 Å². The van der Waals surface area contributed by atoms with Gasteiger partial charge in [0.15, 0.2) is 5.96 Å². The van der Waals surface area contributed by atoms with Crippen LogP contribution in [-0.4, -0.2) is 25.0 Å². The van der Waals surface area contributed by atoms with E-state index in [0.29, 0.717) is 18.7 Å². The van der Waals surface area contributed by atoms with Gasteiger partial charge in [0.1, 0.15) is 0 Å². The molecule has 0 aromatic carbocycles. The summed E-state index contributed by atoms with van der Waals surface area (Å²) in [4.78, 5) is 3.86. The highest BCUT2D eigenvalue weighted by Crippen LogP contribution is 1.99. The minimum Gasteiger partial charge on any atom is -0.478 e. The Bertz CT molecular complexity index is 244. The van der Waals surface area contributed by atoms with Gasteiger partial charge in [0.25, 0.3) is 0 Å². The van der Waals surface area contributed by atoms with Crippen LogP contribution >= 0.6 is 0 Å². The zero-order valence-corrected chi connectivity index (χ0v) is 9.25. The fourth-order valence-corrected chi connectivity index (χ4v) is 0.896. The van der Waals surface area contributed by atoms with E-state index in [2.05, 4.69) is 11.6 Å². The van der Waals surface area contributed by atoms with E-state index < -0.39 is 0 Å². The second kappa shape index (κ2) is 7.84. The zero-order chi connectivity index (χ0) is 11.7. The molecule has 0 fully saturated rings. The first-order valence-electron chi connectivity index (χ1n) is 4.96. The highest BCUT2D eigenvalue weighted by atomic mass is 16.5. The summed E-state index contributed by atoms with van der Waals surface area (Å²) in [5.74, 6) is 0.300. The lowest BCUT2D eigenvalue weighted by Gasteiger charge is -2.05. The predicted molar refractivity (Wildman–Crippen MR) is 63.0 cm³/mol. The normalized spacial score (nSPS) is 9.40. The van der Waals surface area contributed by atoms with Gasteiger partial charge in [-0.1, -0.05) is 6.58 Å². The molecule has 0 heterocycles. The maximum atomic E-state index is 7.34. The SMILES string of the molecule is C=C(C)C(=N)OCCCCCN=C(N)N. The highest BCUT2D eigenvalue weighted by molar-refractivity contribution is 5.89. The van der Waals surface area contributed by atoms with Crippen molar-refractivity contribution in [1.82, 2.24) is 0 Å². The number of unbranched alkanes of at least 4 members (excludes halogenated alkanes) is 2. The number of rotatable bonds is 7. The first-order chi connectivity index (χ1) is 7.04. The summed E-state index contributed by atoms with van der Waals surface area (Å²) in [7, 11) is 0. The largest absolute Gasteiger partial charge is 0.478 e. The standard InChI is InChI=1S/C10H20N4O/c1-8(2)9(11)15-7-5-3-4-6-14-10(12)13/h11H,1,3-7H2,2H3,(H4,12,13,14). The molecule has 0 unspecified atom stereocenters. The van der Waals surface area contributed by atoms with Gasteiger partial charge in [-0.25, -0.2) is 0 Å². The molecule has 0 saturated heterocycles. The number of guanidine groups is 1. The number of nitrogens with two attached hydrogens (primary N) is 2. The molecule has 0 saturated carbocycles. The van der Waals surface area contributed by atoms with Gasteiger partial charge in [-0.3, -0.25) is 10.4 Å². The molecule has 0 aromatic heterocycles. The first kappa shape index (κ1) is 13.5. The summed E-state index contributed by atoms with van der Waals surface area (Å²) >= 11 is 0. The maximum Gasteiger partial charge on any atom is 0.208 e. The number of ether oxygens (including phenoxy) is 1. The quantitative estimate of drug-likeness (QED) is 0.333. The maximum absolute atomic E-state index is 7.34. The van der Waals surface area contributed by atoms with Gasteiger partial charge in [0.05, 0.1) is 6.61 Å². The number of hydrogen-bond acceptors (Lipinski definition) is 3. The van der Waals surface area contributed by atoms with Crippen LogP contribution in [-0.2, 0) is 4.74 Å². The monoisotopic (exact) mass is 212 g/mol. The molecule has 0 aliphatic heterocycles. The minimum absolute atomic E-state index is 0.135. The van der Waals surface area contributed by atoms with Crippen LogP contribution < -0.4 is 11.5 Å². The summed E-state index contributed by atoms with van der Waals surface area (Å²) in [5, 5.41) is 7.34. The van der Waals surface area contributed by atoms with Crippen molar-refractivity contribution in [3.05, 3.63) is 12.2 Å². The summed E-state index contributed by atoms with van der Waals surface area (Å²) in [5.41, 5.74) is 11.0. The van der Waals surface area contributed by atoms with E-state index >= 15 is 0 Å². The van der Waals surface area contributed by atoms with Gasteiger partial charge in [0, 0.05) is 12.1 Å². The summed E-state index contributed by atoms with van der Waals surface area (Å²) in [6.45, 7) is 6.56. The summed E-state index contributed by atoms with van der Waals surface area (Å²) in [6, 6.07) is 0. The molecule has 86 valence electrons. The van der Waals surface area contributed by atoms with Crippen molar-refractivity contribution >= 4 is 11.9 Å². The molecule has 5 heteroatoms. The molecule has 0 radical (unpaired) electrons. The van der Waals surface area contributed by atoms with Crippen LogP contribution in [0.1, 0.15) is 26.2 Å². The molecule has 0 bridgehead atoms. The van der Waals surface area contributed by atoms with E-state index in [9.17, 15) is 0 Å².